The fourth-order valence-electron chi connectivity index (χ4n) is 1.29. The summed E-state index contributed by atoms with van der Waals surface area (Å²) in [6, 6.07) is 5.61. The van der Waals surface area contributed by atoms with E-state index in [1.807, 2.05) is 12.1 Å². The number of benzene rings is 1. The molecule has 80 valence electrons. The summed E-state index contributed by atoms with van der Waals surface area (Å²) in [5.74, 6) is 0.629. The Balaban J connectivity index is 2.33. The number of carbonyl (C=O) groups excluding carboxylic acids is 1. The van der Waals surface area contributed by atoms with Crippen LogP contribution >= 0.6 is 22.6 Å². The average molecular weight is 317 g/mol. The van der Waals surface area contributed by atoms with E-state index < -0.39 is 0 Å². The molecule has 1 N–H and O–H groups in total. The van der Waals surface area contributed by atoms with Gasteiger partial charge in [-0.25, -0.2) is 0 Å². The first-order chi connectivity index (χ1) is 7.22. The second kappa shape index (κ2) is 4.38. The number of amides is 1. The van der Waals surface area contributed by atoms with Crippen molar-refractivity contribution < 1.29 is 9.53 Å². The number of para-hydroxylation sites is 1. The molecule has 0 aromatic heterocycles. The molecule has 0 atom stereocenters. The molecule has 2 rings (SSSR count). The molecule has 15 heavy (non-hydrogen) atoms. The van der Waals surface area contributed by atoms with Gasteiger partial charge in [-0.15, -0.1) is 0 Å². The molecule has 0 saturated heterocycles. The van der Waals surface area contributed by atoms with Crippen LogP contribution in [-0.2, 0) is 0 Å². The van der Waals surface area contributed by atoms with Gasteiger partial charge in [0.2, 0.25) is 0 Å². The van der Waals surface area contributed by atoms with E-state index in [0.29, 0.717) is 11.7 Å². The van der Waals surface area contributed by atoms with Crippen molar-refractivity contribution >= 4 is 28.5 Å². The Labute approximate surface area is 102 Å². The summed E-state index contributed by atoms with van der Waals surface area (Å²) in [7, 11) is 1.63. The van der Waals surface area contributed by atoms with Gasteiger partial charge in [0.05, 0.1) is 15.2 Å². The fraction of sp³-hybridized carbons (Fsp3) is 0.364. The highest BCUT2D eigenvalue weighted by atomic mass is 127. The summed E-state index contributed by atoms with van der Waals surface area (Å²) in [6.07, 6.45) is 2.50. The molecule has 1 aliphatic rings. The molecule has 1 aromatic rings. The van der Waals surface area contributed by atoms with Crippen molar-refractivity contribution in [3.63, 3.8) is 0 Å². The van der Waals surface area contributed by atoms with Crippen LogP contribution in [0.1, 0.15) is 23.2 Å². The van der Waals surface area contributed by atoms with E-state index in [2.05, 4.69) is 27.9 Å². The molecule has 1 fully saturated rings. The molecule has 0 unspecified atom stereocenters. The van der Waals surface area contributed by atoms with Crippen molar-refractivity contribution in [1.29, 1.82) is 0 Å². The summed E-state index contributed by atoms with van der Waals surface area (Å²) in [5.41, 5.74) is 0.622. The zero-order valence-corrected chi connectivity index (χ0v) is 10.6. The van der Waals surface area contributed by atoms with Gasteiger partial charge in [0, 0.05) is 7.05 Å². The minimum absolute atomic E-state index is 0.0934. The van der Waals surface area contributed by atoms with Crippen LogP contribution in [-0.4, -0.2) is 19.1 Å². The normalized spacial score (nSPS) is 14.8. The first kappa shape index (κ1) is 10.7. The molecular formula is C11H12INO2. The monoisotopic (exact) mass is 317 g/mol. The van der Waals surface area contributed by atoms with Crippen molar-refractivity contribution in [2.45, 2.75) is 18.9 Å². The maximum absolute atomic E-state index is 11.6. The zero-order chi connectivity index (χ0) is 10.8. The summed E-state index contributed by atoms with van der Waals surface area (Å²) >= 11 is 2.19. The van der Waals surface area contributed by atoms with Gasteiger partial charge >= 0.3 is 0 Å². The van der Waals surface area contributed by atoms with Crippen LogP contribution in [0.3, 0.4) is 0 Å². The minimum atomic E-state index is -0.0934. The van der Waals surface area contributed by atoms with E-state index in [1.54, 1.807) is 13.1 Å². The van der Waals surface area contributed by atoms with Gasteiger partial charge in [-0.2, -0.15) is 0 Å². The second-order valence-corrected chi connectivity index (χ2v) is 4.68. The molecule has 1 saturated carbocycles. The van der Waals surface area contributed by atoms with Crippen LogP contribution in [0.5, 0.6) is 5.75 Å². The molecule has 0 heterocycles. The van der Waals surface area contributed by atoms with Gasteiger partial charge < -0.3 is 10.1 Å². The molecular weight excluding hydrogens is 305 g/mol. The lowest BCUT2D eigenvalue weighted by molar-refractivity contribution is 0.0958. The van der Waals surface area contributed by atoms with Crippen molar-refractivity contribution in [3.8, 4) is 5.75 Å². The molecule has 0 bridgehead atoms. The number of hydrogen-bond donors (Lipinski definition) is 1. The Hall–Kier alpha value is -0.780. The Morgan fingerprint density at radius 1 is 1.53 bits per heavy atom. The van der Waals surface area contributed by atoms with Gasteiger partial charge in [0.1, 0.15) is 5.75 Å². The highest BCUT2D eigenvalue weighted by Gasteiger charge is 2.26. The molecule has 1 aliphatic carbocycles. The van der Waals surface area contributed by atoms with Gasteiger partial charge in [-0.05, 0) is 47.6 Å². The first-order valence-corrected chi connectivity index (χ1v) is 5.97. The topological polar surface area (TPSA) is 38.3 Å². The number of rotatable bonds is 3. The molecule has 4 heteroatoms. The van der Waals surface area contributed by atoms with Crippen LogP contribution in [0.2, 0.25) is 0 Å². The molecule has 1 aromatic carbocycles. The molecule has 1 amide bonds. The van der Waals surface area contributed by atoms with E-state index in [-0.39, 0.29) is 5.91 Å². The van der Waals surface area contributed by atoms with E-state index >= 15 is 0 Å². The van der Waals surface area contributed by atoms with Gasteiger partial charge in [-0.3, -0.25) is 4.79 Å². The van der Waals surface area contributed by atoms with Crippen LogP contribution in [0, 0.1) is 3.57 Å². The third kappa shape index (κ3) is 2.42. The number of ether oxygens (including phenoxy) is 1. The molecule has 3 nitrogen and oxygen atoms in total. The first-order valence-electron chi connectivity index (χ1n) is 4.89. The standard InChI is InChI=1S/C11H12INO2/c1-13-11(14)8-3-2-4-9(12)10(8)15-7-5-6-7/h2-4,7H,5-6H2,1H3,(H,13,14). The smallest absolute Gasteiger partial charge is 0.254 e. The third-order valence-electron chi connectivity index (χ3n) is 2.25. The summed E-state index contributed by atoms with van der Waals surface area (Å²) in [6.45, 7) is 0. The number of halogens is 1. The summed E-state index contributed by atoms with van der Waals surface area (Å²) in [4.78, 5) is 11.6. The van der Waals surface area contributed by atoms with E-state index in [0.717, 1.165) is 22.2 Å². The third-order valence-corrected chi connectivity index (χ3v) is 3.10. The van der Waals surface area contributed by atoms with Gasteiger partial charge in [0.25, 0.3) is 5.91 Å². The lowest BCUT2D eigenvalue weighted by Gasteiger charge is -2.11. The van der Waals surface area contributed by atoms with Gasteiger partial charge in [-0.1, -0.05) is 6.07 Å². The Morgan fingerprint density at radius 2 is 2.27 bits per heavy atom. The number of nitrogens with one attached hydrogen (secondary N) is 1. The Bertz CT molecular complexity index is 388. The predicted octanol–water partition coefficient (Wildman–Crippen LogP) is 2.19. The maximum Gasteiger partial charge on any atom is 0.254 e. The van der Waals surface area contributed by atoms with E-state index in [9.17, 15) is 4.79 Å². The van der Waals surface area contributed by atoms with Crippen LogP contribution in [0.25, 0.3) is 0 Å². The van der Waals surface area contributed by atoms with Crippen molar-refractivity contribution in [1.82, 2.24) is 5.32 Å². The lowest BCUT2D eigenvalue weighted by atomic mass is 10.2. The maximum atomic E-state index is 11.6. The predicted molar refractivity (Wildman–Crippen MR) is 66.2 cm³/mol. The Morgan fingerprint density at radius 3 is 2.87 bits per heavy atom. The van der Waals surface area contributed by atoms with Crippen molar-refractivity contribution in [2.75, 3.05) is 7.05 Å². The van der Waals surface area contributed by atoms with Crippen molar-refractivity contribution in [2.24, 2.45) is 0 Å². The summed E-state index contributed by atoms with van der Waals surface area (Å²) in [5, 5.41) is 2.62. The SMILES string of the molecule is CNC(=O)c1cccc(I)c1OC1CC1. The quantitative estimate of drug-likeness (QED) is 0.868. The minimum Gasteiger partial charge on any atom is -0.488 e. The molecule has 0 aliphatic heterocycles. The molecule has 0 radical (unpaired) electrons. The fourth-order valence-corrected chi connectivity index (χ4v) is 1.92. The number of carbonyl (C=O) groups is 1. The molecule has 0 spiro atoms. The van der Waals surface area contributed by atoms with Gasteiger partial charge in [0.15, 0.2) is 0 Å². The highest BCUT2D eigenvalue weighted by Crippen LogP contribution is 2.32. The van der Waals surface area contributed by atoms with Crippen molar-refractivity contribution in [3.05, 3.63) is 27.3 Å². The second-order valence-electron chi connectivity index (χ2n) is 3.51. The average Bonchev–Trinajstić information content (AvgIpc) is 3.04. The Kier molecular flexibility index (Phi) is 3.14. The largest absolute Gasteiger partial charge is 0.488 e. The zero-order valence-electron chi connectivity index (χ0n) is 8.42. The van der Waals surface area contributed by atoms with Crippen LogP contribution in [0.15, 0.2) is 18.2 Å². The van der Waals surface area contributed by atoms with Crippen LogP contribution < -0.4 is 10.1 Å². The highest BCUT2D eigenvalue weighted by molar-refractivity contribution is 14.1. The van der Waals surface area contributed by atoms with E-state index in [1.165, 1.54) is 0 Å². The summed E-state index contributed by atoms with van der Waals surface area (Å²) < 4.78 is 6.73. The van der Waals surface area contributed by atoms with Crippen LogP contribution in [0.4, 0.5) is 0 Å². The lowest BCUT2D eigenvalue weighted by Crippen LogP contribution is -2.19. The number of hydrogen-bond acceptors (Lipinski definition) is 2. The van der Waals surface area contributed by atoms with E-state index in [4.69, 9.17) is 4.74 Å².